The first-order valence-corrected chi connectivity index (χ1v) is 3.82. The third-order valence-electron chi connectivity index (χ3n) is 1.66. The highest BCUT2D eigenvalue weighted by Gasteiger charge is 2.04. The van der Waals surface area contributed by atoms with Gasteiger partial charge in [-0.2, -0.15) is 0 Å². The Labute approximate surface area is 79.6 Å². The fraction of sp³-hybridized carbons (Fsp3) is 0.333. The first kappa shape index (κ1) is 11.3. The van der Waals surface area contributed by atoms with Gasteiger partial charge < -0.3 is 11.1 Å². The largest absolute Gasteiger partial charge is 0.387 e. The predicted molar refractivity (Wildman–Crippen MR) is 55.3 cm³/mol. The number of nitrogens with one attached hydrogen (secondary N) is 1. The van der Waals surface area contributed by atoms with Crippen LogP contribution in [0.5, 0.6) is 0 Å². The normalized spacial score (nSPS) is 18.0. The summed E-state index contributed by atoms with van der Waals surface area (Å²) >= 11 is 0. The molecule has 0 aromatic heterocycles. The van der Waals surface area contributed by atoms with Gasteiger partial charge in [0.05, 0.1) is 0 Å². The summed E-state index contributed by atoms with van der Waals surface area (Å²) in [7, 11) is 0. The molecule has 1 atom stereocenters. The smallest absolute Gasteiger partial charge is 0.0460 e. The summed E-state index contributed by atoms with van der Waals surface area (Å²) in [5.74, 6) is 0. The van der Waals surface area contributed by atoms with Gasteiger partial charge in [-0.25, -0.2) is 0 Å². The van der Waals surface area contributed by atoms with E-state index in [-0.39, 0.29) is 18.4 Å². The van der Waals surface area contributed by atoms with Gasteiger partial charge in [-0.1, -0.05) is 18.2 Å². The van der Waals surface area contributed by atoms with Crippen LogP contribution < -0.4 is 11.1 Å². The lowest BCUT2D eigenvalue weighted by atomic mass is 10.1. The van der Waals surface area contributed by atoms with E-state index < -0.39 is 0 Å². The van der Waals surface area contributed by atoms with E-state index >= 15 is 0 Å². The van der Waals surface area contributed by atoms with Crippen molar-refractivity contribution in [3.05, 3.63) is 36.1 Å². The van der Waals surface area contributed by atoms with Gasteiger partial charge in [0.15, 0.2) is 0 Å². The van der Waals surface area contributed by atoms with Crippen LogP contribution in [-0.4, -0.2) is 12.6 Å². The molecule has 0 aliphatic carbocycles. The number of rotatable bonds is 2. The molecule has 1 unspecified atom stereocenters. The second kappa shape index (κ2) is 5.86. The summed E-state index contributed by atoms with van der Waals surface area (Å²) in [6.07, 6.45) is 9.92. The molecule has 0 saturated heterocycles. The van der Waals surface area contributed by atoms with Crippen LogP contribution in [0.3, 0.4) is 0 Å². The molecule has 0 bridgehead atoms. The molecule has 0 aromatic rings. The monoisotopic (exact) mass is 186 g/mol. The minimum absolute atomic E-state index is 0. The SMILES string of the molecule is CC=CC(N)C1=CC=CNC1.Cl. The maximum Gasteiger partial charge on any atom is 0.0460 e. The maximum atomic E-state index is 5.83. The fourth-order valence-electron chi connectivity index (χ4n) is 1.04. The molecular weight excluding hydrogens is 172 g/mol. The van der Waals surface area contributed by atoms with Crippen molar-refractivity contribution < 1.29 is 0 Å². The number of halogens is 1. The van der Waals surface area contributed by atoms with Crippen molar-refractivity contribution in [1.82, 2.24) is 5.32 Å². The van der Waals surface area contributed by atoms with Crippen molar-refractivity contribution in [2.75, 3.05) is 6.54 Å². The van der Waals surface area contributed by atoms with Crippen molar-refractivity contribution >= 4 is 12.4 Å². The minimum atomic E-state index is 0. The third-order valence-corrected chi connectivity index (χ3v) is 1.66. The molecule has 0 amide bonds. The Morgan fingerprint density at radius 3 is 2.92 bits per heavy atom. The van der Waals surface area contributed by atoms with Crippen LogP contribution >= 0.6 is 12.4 Å². The zero-order valence-corrected chi connectivity index (χ0v) is 7.97. The van der Waals surface area contributed by atoms with Crippen molar-refractivity contribution in [3.63, 3.8) is 0 Å². The van der Waals surface area contributed by atoms with E-state index in [0.717, 1.165) is 6.54 Å². The Balaban J connectivity index is 0.00000121. The van der Waals surface area contributed by atoms with E-state index in [2.05, 4.69) is 11.4 Å². The van der Waals surface area contributed by atoms with Gasteiger partial charge in [-0.3, -0.25) is 0 Å². The minimum Gasteiger partial charge on any atom is -0.387 e. The van der Waals surface area contributed by atoms with Gasteiger partial charge in [0.25, 0.3) is 0 Å². The standard InChI is InChI=1S/C9H14N2.ClH/c1-2-4-9(10)8-5-3-6-11-7-8;/h2-6,9,11H,7,10H2,1H3;1H. The number of hydrogen-bond acceptors (Lipinski definition) is 2. The molecule has 1 aliphatic heterocycles. The summed E-state index contributed by atoms with van der Waals surface area (Å²) in [6, 6.07) is 0.0671. The van der Waals surface area contributed by atoms with Crippen LogP contribution in [-0.2, 0) is 0 Å². The second-order valence-corrected chi connectivity index (χ2v) is 2.53. The Kier molecular flexibility index (Phi) is 5.51. The molecule has 3 heteroatoms. The lowest BCUT2D eigenvalue weighted by Crippen LogP contribution is -2.27. The predicted octanol–water partition coefficient (Wildman–Crippen LogP) is 1.35. The van der Waals surface area contributed by atoms with E-state index in [1.54, 1.807) is 0 Å². The van der Waals surface area contributed by atoms with E-state index in [1.807, 2.05) is 31.4 Å². The number of allylic oxidation sites excluding steroid dienone is 3. The molecule has 3 N–H and O–H groups in total. The molecule has 0 saturated carbocycles. The van der Waals surface area contributed by atoms with E-state index in [0.29, 0.717) is 0 Å². The van der Waals surface area contributed by atoms with Gasteiger partial charge in [0.2, 0.25) is 0 Å². The summed E-state index contributed by atoms with van der Waals surface area (Å²) in [5, 5.41) is 3.11. The summed E-state index contributed by atoms with van der Waals surface area (Å²) in [5.41, 5.74) is 7.06. The average Bonchev–Trinajstić information content (AvgIpc) is 2.07. The number of hydrogen-bond donors (Lipinski definition) is 2. The van der Waals surface area contributed by atoms with E-state index in [9.17, 15) is 0 Å². The van der Waals surface area contributed by atoms with E-state index in [4.69, 9.17) is 5.73 Å². The van der Waals surface area contributed by atoms with Gasteiger partial charge >= 0.3 is 0 Å². The van der Waals surface area contributed by atoms with Crippen molar-refractivity contribution in [3.8, 4) is 0 Å². The Bertz CT molecular complexity index is 207. The molecule has 0 spiro atoms. The topological polar surface area (TPSA) is 38.0 Å². The molecule has 2 nitrogen and oxygen atoms in total. The van der Waals surface area contributed by atoms with Crippen LogP contribution in [0.15, 0.2) is 36.1 Å². The van der Waals surface area contributed by atoms with Crippen LogP contribution in [0.4, 0.5) is 0 Å². The lowest BCUT2D eigenvalue weighted by molar-refractivity contribution is 0.824. The number of nitrogens with two attached hydrogens (primary N) is 1. The zero-order chi connectivity index (χ0) is 8.10. The zero-order valence-electron chi connectivity index (χ0n) is 7.16. The second-order valence-electron chi connectivity index (χ2n) is 2.53. The van der Waals surface area contributed by atoms with Gasteiger partial charge in [0, 0.05) is 12.6 Å². The summed E-state index contributed by atoms with van der Waals surface area (Å²) in [6.45, 7) is 2.84. The first-order valence-electron chi connectivity index (χ1n) is 3.82. The molecule has 0 fully saturated rings. The highest BCUT2D eigenvalue weighted by atomic mass is 35.5. The molecule has 1 rings (SSSR count). The Morgan fingerprint density at radius 2 is 2.42 bits per heavy atom. The van der Waals surface area contributed by atoms with Crippen molar-refractivity contribution in [1.29, 1.82) is 0 Å². The highest BCUT2D eigenvalue weighted by molar-refractivity contribution is 5.85. The molecular formula is C9H15ClN2. The summed E-state index contributed by atoms with van der Waals surface area (Å²) < 4.78 is 0. The van der Waals surface area contributed by atoms with Crippen molar-refractivity contribution in [2.45, 2.75) is 13.0 Å². The van der Waals surface area contributed by atoms with Crippen molar-refractivity contribution in [2.24, 2.45) is 5.73 Å². The highest BCUT2D eigenvalue weighted by Crippen LogP contribution is 2.03. The number of dihydropyridines is 1. The van der Waals surface area contributed by atoms with Crippen LogP contribution in [0.25, 0.3) is 0 Å². The summed E-state index contributed by atoms with van der Waals surface area (Å²) in [4.78, 5) is 0. The van der Waals surface area contributed by atoms with Gasteiger partial charge in [-0.15, -0.1) is 12.4 Å². The molecule has 0 radical (unpaired) electrons. The molecule has 68 valence electrons. The van der Waals surface area contributed by atoms with E-state index in [1.165, 1.54) is 5.57 Å². The fourth-order valence-corrected chi connectivity index (χ4v) is 1.04. The molecule has 1 aliphatic rings. The third kappa shape index (κ3) is 3.11. The van der Waals surface area contributed by atoms with Crippen LogP contribution in [0.1, 0.15) is 6.92 Å². The van der Waals surface area contributed by atoms with Crippen LogP contribution in [0, 0.1) is 0 Å². The quantitative estimate of drug-likeness (QED) is 0.640. The lowest BCUT2D eigenvalue weighted by Gasteiger charge is -2.14. The van der Waals surface area contributed by atoms with Crippen LogP contribution in [0.2, 0.25) is 0 Å². The molecule has 1 heterocycles. The van der Waals surface area contributed by atoms with Gasteiger partial charge in [0.1, 0.15) is 0 Å². The Hall–Kier alpha value is -0.730. The molecule has 12 heavy (non-hydrogen) atoms. The first-order chi connectivity index (χ1) is 5.34. The van der Waals surface area contributed by atoms with Gasteiger partial charge in [-0.05, 0) is 24.8 Å². The Morgan fingerprint density at radius 1 is 1.67 bits per heavy atom. The maximum absolute atomic E-state index is 5.83. The molecule has 0 aromatic carbocycles. The average molecular weight is 187 g/mol.